The van der Waals surface area contributed by atoms with Crippen molar-refractivity contribution in [3.05, 3.63) is 46.1 Å². The molecule has 1 heterocycles. The van der Waals surface area contributed by atoms with Crippen LogP contribution in [-0.4, -0.2) is 11.7 Å². The molecule has 1 aliphatic heterocycles. The van der Waals surface area contributed by atoms with Gasteiger partial charge in [0.1, 0.15) is 11.4 Å². The smallest absolute Gasteiger partial charge is 0.143 e. The van der Waals surface area contributed by atoms with E-state index in [9.17, 15) is 5.11 Å². The van der Waals surface area contributed by atoms with Crippen LogP contribution in [0.5, 0.6) is 0 Å². The van der Waals surface area contributed by atoms with Crippen molar-refractivity contribution in [1.29, 1.82) is 0 Å². The Morgan fingerprint density at radius 1 is 1.31 bits per heavy atom. The molecule has 0 radical (unpaired) electrons. The Morgan fingerprint density at radius 2 is 2.00 bits per heavy atom. The number of hydrogen-bond donors (Lipinski definition) is 1. The van der Waals surface area contributed by atoms with Crippen molar-refractivity contribution < 1.29 is 9.84 Å². The molecule has 3 heteroatoms. The van der Waals surface area contributed by atoms with E-state index in [4.69, 9.17) is 4.74 Å². The third-order valence-corrected chi connectivity index (χ3v) is 3.35. The fraction of sp³-hybridized carbons (Fsp3) is 0.385. The van der Waals surface area contributed by atoms with Crippen molar-refractivity contribution in [2.24, 2.45) is 0 Å². The fourth-order valence-electron chi connectivity index (χ4n) is 1.81. The summed E-state index contributed by atoms with van der Waals surface area (Å²) in [6.45, 7) is 2.46. The summed E-state index contributed by atoms with van der Waals surface area (Å²) in [6.07, 6.45) is 3.98. The number of hydrogen-bond acceptors (Lipinski definition) is 2. The van der Waals surface area contributed by atoms with E-state index in [-0.39, 0.29) is 0 Å². The van der Waals surface area contributed by atoms with Crippen molar-refractivity contribution in [2.45, 2.75) is 25.4 Å². The molecule has 86 valence electrons. The normalized spacial score (nSPS) is 19.6. The highest BCUT2D eigenvalue weighted by Crippen LogP contribution is 2.32. The average Bonchev–Trinajstić information content (AvgIpc) is 2.31. The highest BCUT2D eigenvalue weighted by atomic mass is 79.9. The molecule has 16 heavy (non-hydrogen) atoms. The number of ether oxygens (including phenoxy) is 1. The van der Waals surface area contributed by atoms with E-state index >= 15 is 0 Å². The first-order valence-corrected chi connectivity index (χ1v) is 6.22. The van der Waals surface area contributed by atoms with Crippen molar-refractivity contribution in [3.8, 4) is 0 Å². The van der Waals surface area contributed by atoms with E-state index in [0.717, 1.165) is 22.9 Å². The molecule has 0 spiro atoms. The average molecular weight is 283 g/mol. The van der Waals surface area contributed by atoms with E-state index in [2.05, 4.69) is 15.9 Å². The number of benzene rings is 1. The topological polar surface area (TPSA) is 29.5 Å². The highest BCUT2D eigenvalue weighted by molar-refractivity contribution is 9.10. The summed E-state index contributed by atoms with van der Waals surface area (Å²) < 4.78 is 6.53. The molecule has 0 aliphatic carbocycles. The molecule has 0 amide bonds. The van der Waals surface area contributed by atoms with Gasteiger partial charge in [0, 0.05) is 4.47 Å². The van der Waals surface area contributed by atoms with Crippen LogP contribution in [0.1, 0.15) is 25.3 Å². The zero-order valence-corrected chi connectivity index (χ0v) is 10.8. The van der Waals surface area contributed by atoms with Gasteiger partial charge < -0.3 is 9.84 Å². The number of rotatable bonds is 2. The third-order valence-electron chi connectivity index (χ3n) is 2.82. The second kappa shape index (κ2) is 4.60. The predicted octanol–water partition coefficient (Wildman–Crippen LogP) is 3.35. The summed E-state index contributed by atoms with van der Waals surface area (Å²) in [6, 6.07) is 7.66. The maximum Gasteiger partial charge on any atom is 0.143 e. The van der Waals surface area contributed by atoms with Gasteiger partial charge in [-0.25, -0.2) is 0 Å². The lowest BCUT2D eigenvalue weighted by Gasteiger charge is -2.29. The van der Waals surface area contributed by atoms with Crippen LogP contribution < -0.4 is 0 Å². The zero-order valence-electron chi connectivity index (χ0n) is 9.24. The van der Waals surface area contributed by atoms with Crippen LogP contribution in [0.4, 0.5) is 0 Å². The minimum Gasteiger partial charge on any atom is -0.495 e. The Labute approximate surface area is 104 Å². The maximum absolute atomic E-state index is 10.5. The number of aliphatic hydroxyl groups is 1. The molecule has 1 aromatic rings. The molecule has 1 N–H and O–H groups in total. The quantitative estimate of drug-likeness (QED) is 0.902. The van der Waals surface area contributed by atoms with Crippen LogP contribution in [0.15, 0.2) is 40.6 Å². The summed E-state index contributed by atoms with van der Waals surface area (Å²) in [5, 5.41) is 10.5. The molecule has 1 unspecified atom stereocenters. The monoisotopic (exact) mass is 282 g/mol. The molecule has 1 atom stereocenters. The van der Waals surface area contributed by atoms with Crippen molar-refractivity contribution >= 4 is 15.9 Å². The van der Waals surface area contributed by atoms with E-state index in [0.29, 0.717) is 12.4 Å². The van der Waals surface area contributed by atoms with Gasteiger partial charge in [-0.05, 0) is 43.5 Å². The lowest BCUT2D eigenvalue weighted by atomic mass is 9.92. The molecule has 0 bridgehead atoms. The van der Waals surface area contributed by atoms with E-state index in [1.807, 2.05) is 30.3 Å². The minimum atomic E-state index is -1.03. The summed E-state index contributed by atoms with van der Waals surface area (Å²) in [5.41, 5.74) is -0.176. The molecule has 1 aliphatic rings. The largest absolute Gasteiger partial charge is 0.495 e. The summed E-state index contributed by atoms with van der Waals surface area (Å²) in [7, 11) is 0. The number of halogens is 1. The summed E-state index contributed by atoms with van der Waals surface area (Å²) >= 11 is 3.38. The van der Waals surface area contributed by atoms with Gasteiger partial charge in [0.05, 0.1) is 6.61 Å². The molecule has 0 saturated heterocycles. The van der Waals surface area contributed by atoms with Crippen LogP contribution in [0.2, 0.25) is 0 Å². The molecular formula is C13H15BrO2. The van der Waals surface area contributed by atoms with Crippen LogP contribution in [-0.2, 0) is 10.3 Å². The molecular weight excluding hydrogens is 268 g/mol. The second-order valence-electron chi connectivity index (χ2n) is 4.14. The van der Waals surface area contributed by atoms with E-state index in [1.165, 1.54) is 0 Å². The Balaban J connectivity index is 2.30. The van der Waals surface area contributed by atoms with E-state index < -0.39 is 5.60 Å². The zero-order chi connectivity index (χ0) is 11.6. The Morgan fingerprint density at radius 3 is 2.56 bits per heavy atom. The van der Waals surface area contributed by atoms with Gasteiger partial charge in [0.15, 0.2) is 0 Å². The van der Waals surface area contributed by atoms with Crippen molar-refractivity contribution in [3.63, 3.8) is 0 Å². The van der Waals surface area contributed by atoms with Gasteiger partial charge >= 0.3 is 0 Å². The lowest BCUT2D eigenvalue weighted by Crippen LogP contribution is -2.27. The van der Waals surface area contributed by atoms with E-state index in [1.54, 1.807) is 6.92 Å². The summed E-state index contributed by atoms with van der Waals surface area (Å²) in [4.78, 5) is 0. The minimum absolute atomic E-state index is 0.668. The Kier molecular flexibility index (Phi) is 3.36. The first-order valence-electron chi connectivity index (χ1n) is 5.42. The van der Waals surface area contributed by atoms with Crippen LogP contribution >= 0.6 is 15.9 Å². The van der Waals surface area contributed by atoms with Gasteiger partial charge in [0.2, 0.25) is 0 Å². The summed E-state index contributed by atoms with van der Waals surface area (Å²) in [5.74, 6) is 0.668. The van der Waals surface area contributed by atoms with Gasteiger partial charge in [-0.2, -0.15) is 0 Å². The Bertz CT molecular complexity index is 393. The molecule has 0 fully saturated rings. The second-order valence-corrected chi connectivity index (χ2v) is 5.05. The molecule has 0 saturated carbocycles. The predicted molar refractivity (Wildman–Crippen MR) is 67.0 cm³/mol. The van der Waals surface area contributed by atoms with Gasteiger partial charge in [-0.15, -0.1) is 0 Å². The number of allylic oxidation sites excluding steroid dienone is 1. The molecule has 2 rings (SSSR count). The SMILES string of the molecule is CC(O)(C1=CCCCO1)c1ccc(Br)cc1. The molecule has 1 aromatic carbocycles. The van der Waals surface area contributed by atoms with Crippen molar-refractivity contribution in [2.75, 3.05) is 6.61 Å². The van der Waals surface area contributed by atoms with Crippen LogP contribution in [0.25, 0.3) is 0 Å². The Hall–Kier alpha value is -0.800. The first-order chi connectivity index (χ1) is 7.60. The molecule has 0 aromatic heterocycles. The maximum atomic E-state index is 10.5. The van der Waals surface area contributed by atoms with Crippen molar-refractivity contribution in [1.82, 2.24) is 0 Å². The first kappa shape index (κ1) is 11.7. The van der Waals surface area contributed by atoms with Gasteiger partial charge in [-0.3, -0.25) is 0 Å². The highest BCUT2D eigenvalue weighted by Gasteiger charge is 2.30. The third kappa shape index (κ3) is 2.30. The lowest BCUT2D eigenvalue weighted by molar-refractivity contribution is 0.0150. The van der Waals surface area contributed by atoms with Crippen LogP contribution in [0, 0.1) is 0 Å². The van der Waals surface area contributed by atoms with Gasteiger partial charge in [-0.1, -0.05) is 28.1 Å². The fourth-order valence-corrected chi connectivity index (χ4v) is 2.08. The standard InChI is InChI=1S/C13H15BrO2/c1-13(15,12-4-2-3-9-16-12)10-5-7-11(14)8-6-10/h4-8,15H,2-3,9H2,1H3. The van der Waals surface area contributed by atoms with Crippen LogP contribution in [0.3, 0.4) is 0 Å². The molecule has 2 nitrogen and oxygen atoms in total. The van der Waals surface area contributed by atoms with Gasteiger partial charge in [0.25, 0.3) is 0 Å².